The zero-order valence-electron chi connectivity index (χ0n) is 8.72. The van der Waals surface area contributed by atoms with Crippen LogP contribution < -0.4 is 5.32 Å². The Labute approximate surface area is 79.8 Å². The van der Waals surface area contributed by atoms with Crippen LogP contribution in [0.5, 0.6) is 0 Å². The second-order valence-corrected chi connectivity index (χ2v) is 4.51. The minimum Gasteiger partial charge on any atom is -0.377 e. The largest absolute Gasteiger partial charge is 0.377 e. The van der Waals surface area contributed by atoms with Crippen molar-refractivity contribution < 1.29 is 9.53 Å². The molecule has 76 valence electrons. The topological polar surface area (TPSA) is 38.3 Å². The Morgan fingerprint density at radius 1 is 1.62 bits per heavy atom. The van der Waals surface area contributed by atoms with Gasteiger partial charge in [-0.1, -0.05) is 13.8 Å². The first-order valence-corrected chi connectivity index (χ1v) is 4.86. The highest BCUT2D eigenvalue weighted by atomic mass is 16.5. The predicted octanol–water partition coefficient (Wildman–Crippen LogP) is 1.33. The monoisotopic (exact) mass is 185 g/mol. The maximum Gasteiger partial charge on any atom is 0.222 e. The van der Waals surface area contributed by atoms with Gasteiger partial charge in [0.2, 0.25) is 5.91 Å². The predicted molar refractivity (Wildman–Crippen MR) is 51.4 cm³/mol. The summed E-state index contributed by atoms with van der Waals surface area (Å²) >= 11 is 0. The van der Waals surface area contributed by atoms with Crippen molar-refractivity contribution in [2.24, 2.45) is 5.41 Å². The van der Waals surface area contributed by atoms with Crippen LogP contribution in [0.2, 0.25) is 0 Å². The fraction of sp³-hybridized carbons (Fsp3) is 0.900. The summed E-state index contributed by atoms with van der Waals surface area (Å²) in [6.45, 7) is 5.17. The minimum atomic E-state index is 0.0738. The van der Waals surface area contributed by atoms with Crippen molar-refractivity contribution >= 4 is 5.91 Å². The molecule has 1 aliphatic rings. The van der Waals surface area contributed by atoms with Crippen molar-refractivity contribution in [1.29, 1.82) is 0 Å². The van der Waals surface area contributed by atoms with E-state index in [0.717, 1.165) is 19.4 Å². The van der Waals surface area contributed by atoms with Gasteiger partial charge in [0.1, 0.15) is 0 Å². The van der Waals surface area contributed by atoms with Gasteiger partial charge < -0.3 is 10.1 Å². The average Bonchev–Trinajstić information content (AvgIpc) is 2.08. The zero-order valence-corrected chi connectivity index (χ0v) is 8.72. The maximum atomic E-state index is 11.1. The Kier molecular flexibility index (Phi) is 3.31. The Bertz CT molecular complexity index is 179. The molecular formula is C10H19NO2. The number of ether oxygens (including phenoxy) is 1. The molecule has 1 unspecified atom stereocenters. The van der Waals surface area contributed by atoms with E-state index in [1.54, 1.807) is 7.05 Å². The summed E-state index contributed by atoms with van der Waals surface area (Å²) < 4.78 is 5.60. The number of nitrogens with one attached hydrogen (secondary N) is 1. The molecule has 0 aromatic rings. The van der Waals surface area contributed by atoms with Crippen LogP contribution >= 0.6 is 0 Å². The quantitative estimate of drug-likeness (QED) is 0.704. The van der Waals surface area contributed by atoms with E-state index in [9.17, 15) is 4.79 Å². The molecule has 0 saturated carbocycles. The lowest BCUT2D eigenvalue weighted by Crippen LogP contribution is -2.34. The number of rotatable bonds is 2. The molecule has 3 heteroatoms. The molecule has 1 atom stereocenters. The molecule has 1 heterocycles. The van der Waals surface area contributed by atoms with E-state index in [1.807, 2.05) is 0 Å². The van der Waals surface area contributed by atoms with Gasteiger partial charge >= 0.3 is 0 Å². The highest BCUT2D eigenvalue weighted by Crippen LogP contribution is 2.30. The summed E-state index contributed by atoms with van der Waals surface area (Å²) in [6, 6.07) is 0. The second kappa shape index (κ2) is 4.09. The molecule has 0 aromatic carbocycles. The van der Waals surface area contributed by atoms with Crippen LogP contribution in [-0.4, -0.2) is 25.7 Å². The van der Waals surface area contributed by atoms with Crippen LogP contribution in [0.25, 0.3) is 0 Å². The highest BCUT2D eigenvalue weighted by Gasteiger charge is 2.28. The second-order valence-electron chi connectivity index (χ2n) is 4.51. The Balaban J connectivity index is 2.29. The number of carbonyl (C=O) groups is 1. The fourth-order valence-electron chi connectivity index (χ4n) is 1.52. The van der Waals surface area contributed by atoms with E-state index >= 15 is 0 Å². The molecule has 1 aliphatic heterocycles. The number of carbonyl (C=O) groups excluding carboxylic acids is 1. The van der Waals surface area contributed by atoms with Gasteiger partial charge in [-0.3, -0.25) is 4.79 Å². The average molecular weight is 185 g/mol. The van der Waals surface area contributed by atoms with Gasteiger partial charge in [0, 0.05) is 7.05 Å². The molecule has 1 fully saturated rings. The van der Waals surface area contributed by atoms with Gasteiger partial charge in [-0.2, -0.15) is 0 Å². The van der Waals surface area contributed by atoms with E-state index in [-0.39, 0.29) is 12.0 Å². The molecule has 13 heavy (non-hydrogen) atoms. The van der Waals surface area contributed by atoms with Gasteiger partial charge in [0.25, 0.3) is 0 Å². The lowest BCUT2D eigenvalue weighted by molar-refractivity contribution is -0.126. The van der Waals surface area contributed by atoms with Crippen LogP contribution in [0.3, 0.4) is 0 Å². The van der Waals surface area contributed by atoms with E-state index in [0.29, 0.717) is 11.8 Å². The number of hydrogen-bond donors (Lipinski definition) is 1. The third-order valence-electron chi connectivity index (χ3n) is 2.54. The van der Waals surface area contributed by atoms with Crippen molar-refractivity contribution in [2.45, 2.75) is 39.2 Å². The van der Waals surface area contributed by atoms with E-state index in [1.165, 1.54) is 0 Å². The normalized spacial score (nSPS) is 26.8. The van der Waals surface area contributed by atoms with Crippen LogP contribution in [0.1, 0.15) is 33.1 Å². The molecule has 0 aliphatic carbocycles. The molecule has 0 spiro atoms. The Hall–Kier alpha value is -0.570. The maximum absolute atomic E-state index is 11.1. The number of hydrogen-bond acceptors (Lipinski definition) is 2. The van der Waals surface area contributed by atoms with Crippen molar-refractivity contribution in [3.8, 4) is 0 Å². The molecule has 0 radical (unpaired) electrons. The first-order valence-electron chi connectivity index (χ1n) is 4.86. The molecule has 1 amide bonds. The van der Waals surface area contributed by atoms with Crippen molar-refractivity contribution in [2.75, 3.05) is 13.7 Å². The summed E-state index contributed by atoms with van der Waals surface area (Å²) in [7, 11) is 1.66. The Morgan fingerprint density at radius 3 is 2.77 bits per heavy atom. The van der Waals surface area contributed by atoms with Crippen LogP contribution in [0.15, 0.2) is 0 Å². The van der Waals surface area contributed by atoms with Gasteiger partial charge in [0.05, 0.1) is 19.1 Å². The summed E-state index contributed by atoms with van der Waals surface area (Å²) in [4.78, 5) is 11.1. The fourth-order valence-corrected chi connectivity index (χ4v) is 1.52. The smallest absolute Gasteiger partial charge is 0.222 e. The third kappa shape index (κ3) is 3.35. The SMILES string of the molecule is CNC(=O)CC1CCC(C)(C)CO1. The van der Waals surface area contributed by atoms with E-state index < -0.39 is 0 Å². The van der Waals surface area contributed by atoms with Gasteiger partial charge in [0.15, 0.2) is 0 Å². The van der Waals surface area contributed by atoms with Crippen LogP contribution in [0.4, 0.5) is 0 Å². The first kappa shape index (κ1) is 10.5. The number of amides is 1. The minimum absolute atomic E-state index is 0.0738. The van der Waals surface area contributed by atoms with E-state index in [4.69, 9.17) is 4.74 Å². The van der Waals surface area contributed by atoms with Crippen molar-refractivity contribution in [3.63, 3.8) is 0 Å². The molecule has 1 saturated heterocycles. The van der Waals surface area contributed by atoms with Crippen LogP contribution in [-0.2, 0) is 9.53 Å². The van der Waals surface area contributed by atoms with Gasteiger partial charge in [-0.25, -0.2) is 0 Å². The summed E-state index contributed by atoms with van der Waals surface area (Å²) in [6.07, 6.45) is 2.79. The molecule has 0 bridgehead atoms. The summed E-state index contributed by atoms with van der Waals surface area (Å²) in [5, 5.41) is 2.61. The molecule has 3 nitrogen and oxygen atoms in total. The molecule has 0 aromatic heterocycles. The van der Waals surface area contributed by atoms with Gasteiger partial charge in [-0.15, -0.1) is 0 Å². The third-order valence-corrected chi connectivity index (χ3v) is 2.54. The first-order chi connectivity index (χ1) is 6.03. The molecular weight excluding hydrogens is 166 g/mol. The Morgan fingerprint density at radius 2 is 2.31 bits per heavy atom. The molecule has 1 N–H and O–H groups in total. The molecule has 1 rings (SSSR count). The van der Waals surface area contributed by atoms with E-state index in [2.05, 4.69) is 19.2 Å². The van der Waals surface area contributed by atoms with Gasteiger partial charge in [-0.05, 0) is 18.3 Å². The summed E-state index contributed by atoms with van der Waals surface area (Å²) in [5.74, 6) is 0.0738. The highest BCUT2D eigenvalue weighted by molar-refractivity contribution is 5.76. The lowest BCUT2D eigenvalue weighted by atomic mass is 9.85. The lowest BCUT2D eigenvalue weighted by Gasteiger charge is -2.34. The summed E-state index contributed by atoms with van der Waals surface area (Å²) in [5.41, 5.74) is 0.291. The van der Waals surface area contributed by atoms with Crippen molar-refractivity contribution in [1.82, 2.24) is 5.32 Å². The zero-order chi connectivity index (χ0) is 9.90. The van der Waals surface area contributed by atoms with Crippen LogP contribution in [0, 0.1) is 5.41 Å². The standard InChI is InChI=1S/C10H19NO2/c1-10(2)5-4-8(13-7-10)6-9(12)11-3/h8H,4-7H2,1-3H3,(H,11,12). The van der Waals surface area contributed by atoms with Crippen molar-refractivity contribution in [3.05, 3.63) is 0 Å².